The van der Waals surface area contributed by atoms with Crippen LogP contribution in [0, 0.1) is 0 Å². The number of nitrogens with one attached hydrogen (secondary N) is 1. The number of rotatable bonds is 5. The Morgan fingerprint density at radius 2 is 1.69 bits per heavy atom. The zero-order valence-electron chi connectivity index (χ0n) is 14.5. The molecule has 1 amide bonds. The molecule has 1 heterocycles. The molecule has 142 valence electrons. The number of para-hydroxylation sites is 1. The third-order valence-electron chi connectivity index (χ3n) is 4.13. The first-order valence-electron chi connectivity index (χ1n) is 8.23. The molecule has 0 unspecified atom stereocenters. The number of morpholine rings is 1. The predicted octanol–water partition coefficient (Wildman–Crippen LogP) is 3.13. The lowest BCUT2D eigenvalue weighted by Gasteiger charge is -2.27. The molecule has 2 aromatic rings. The average Bonchev–Trinajstić information content (AvgIpc) is 2.60. The number of nitrogens with two attached hydrogens (primary N) is 1. The summed E-state index contributed by atoms with van der Waals surface area (Å²) >= 11 is 0. The van der Waals surface area contributed by atoms with E-state index >= 15 is 0 Å². The Bertz CT molecular complexity index is 689. The summed E-state index contributed by atoms with van der Waals surface area (Å²) in [5.41, 5.74) is 9.34. The number of hydrogen-bond acceptors (Lipinski definition) is 4. The number of ether oxygens (including phenoxy) is 1. The van der Waals surface area contributed by atoms with Gasteiger partial charge >= 0.3 is 0 Å². The number of carbonyl (C=O) groups excluding carboxylic acids is 1. The van der Waals surface area contributed by atoms with Crippen LogP contribution < -0.4 is 11.1 Å². The summed E-state index contributed by atoms with van der Waals surface area (Å²) in [6.07, 6.45) is 0.339. The van der Waals surface area contributed by atoms with Gasteiger partial charge in [0.05, 0.1) is 19.6 Å². The molecule has 1 fully saturated rings. The third-order valence-corrected chi connectivity index (χ3v) is 4.13. The lowest BCUT2D eigenvalue weighted by Crippen LogP contribution is -2.35. The second-order valence-electron chi connectivity index (χ2n) is 6.01. The van der Waals surface area contributed by atoms with E-state index in [1.807, 2.05) is 42.5 Å². The summed E-state index contributed by atoms with van der Waals surface area (Å²) < 4.78 is 5.39. The minimum Gasteiger partial charge on any atom is -0.399 e. The largest absolute Gasteiger partial charge is 0.399 e. The smallest absolute Gasteiger partial charge is 0.228 e. The minimum atomic E-state index is -0.0193. The van der Waals surface area contributed by atoms with Crippen LogP contribution in [-0.2, 0) is 22.5 Å². The third kappa shape index (κ3) is 6.50. The number of anilines is 2. The molecule has 0 atom stereocenters. The fourth-order valence-corrected chi connectivity index (χ4v) is 2.80. The van der Waals surface area contributed by atoms with Gasteiger partial charge in [-0.3, -0.25) is 9.69 Å². The number of nitrogen functional groups attached to an aromatic ring is 1. The van der Waals surface area contributed by atoms with E-state index in [0.29, 0.717) is 12.1 Å². The zero-order chi connectivity index (χ0) is 16.8. The molecule has 3 rings (SSSR count). The molecule has 1 aliphatic heterocycles. The van der Waals surface area contributed by atoms with Gasteiger partial charge in [-0.1, -0.05) is 30.3 Å². The van der Waals surface area contributed by atoms with Gasteiger partial charge in [-0.05, 0) is 29.3 Å². The second kappa shape index (κ2) is 11.0. The predicted molar refractivity (Wildman–Crippen MR) is 110 cm³/mol. The van der Waals surface area contributed by atoms with Gasteiger partial charge in [-0.15, -0.1) is 24.8 Å². The molecular weight excluding hydrogens is 373 g/mol. The van der Waals surface area contributed by atoms with E-state index in [1.165, 1.54) is 0 Å². The first-order chi connectivity index (χ1) is 11.7. The molecule has 7 heteroatoms. The summed E-state index contributed by atoms with van der Waals surface area (Å²) in [6, 6.07) is 15.4. The van der Waals surface area contributed by atoms with Crippen molar-refractivity contribution in [2.75, 3.05) is 37.4 Å². The van der Waals surface area contributed by atoms with Crippen molar-refractivity contribution in [2.24, 2.45) is 0 Å². The van der Waals surface area contributed by atoms with Crippen molar-refractivity contribution in [3.05, 3.63) is 59.7 Å². The monoisotopic (exact) mass is 397 g/mol. The number of benzene rings is 2. The quantitative estimate of drug-likeness (QED) is 0.760. The lowest BCUT2D eigenvalue weighted by molar-refractivity contribution is -0.115. The Labute approximate surface area is 166 Å². The Morgan fingerprint density at radius 3 is 2.38 bits per heavy atom. The molecule has 2 aromatic carbocycles. The maximum Gasteiger partial charge on any atom is 0.228 e. The summed E-state index contributed by atoms with van der Waals surface area (Å²) in [7, 11) is 0. The maximum atomic E-state index is 12.3. The number of amides is 1. The Kier molecular flexibility index (Phi) is 9.44. The molecule has 0 aliphatic carbocycles. The van der Waals surface area contributed by atoms with E-state index in [1.54, 1.807) is 0 Å². The number of hydrogen-bond donors (Lipinski definition) is 2. The zero-order valence-corrected chi connectivity index (χ0v) is 16.2. The standard InChI is InChI=1S/C19H23N3O2.2ClH/c20-17-7-5-15(6-8-17)13-19(23)21-18-4-2-1-3-16(18)14-22-9-11-24-12-10-22;;/h1-8H,9-14,20H2,(H,21,23);2*1H. The highest BCUT2D eigenvalue weighted by Gasteiger charge is 2.14. The number of carbonyl (C=O) groups is 1. The van der Waals surface area contributed by atoms with Gasteiger partial charge in [-0.25, -0.2) is 0 Å². The summed E-state index contributed by atoms with van der Waals surface area (Å²) in [4.78, 5) is 14.7. The fourth-order valence-electron chi connectivity index (χ4n) is 2.80. The summed E-state index contributed by atoms with van der Waals surface area (Å²) in [5.74, 6) is -0.0193. The van der Waals surface area contributed by atoms with Crippen LogP contribution in [0.2, 0.25) is 0 Å². The van der Waals surface area contributed by atoms with Crippen LogP contribution in [0.25, 0.3) is 0 Å². The number of nitrogens with zero attached hydrogens (tertiary/aromatic N) is 1. The van der Waals surface area contributed by atoms with Crippen LogP contribution in [0.4, 0.5) is 11.4 Å². The first kappa shape index (κ1) is 22.3. The molecule has 5 nitrogen and oxygen atoms in total. The van der Waals surface area contributed by atoms with E-state index in [9.17, 15) is 4.79 Å². The van der Waals surface area contributed by atoms with Crippen molar-refractivity contribution in [3.63, 3.8) is 0 Å². The van der Waals surface area contributed by atoms with Crippen LogP contribution in [0.3, 0.4) is 0 Å². The van der Waals surface area contributed by atoms with Gasteiger partial charge < -0.3 is 15.8 Å². The van der Waals surface area contributed by atoms with Crippen molar-refractivity contribution in [3.8, 4) is 0 Å². The van der Waals surface area contributed by atoms with Crippen LogP contribution in [0.15, 0.2) is 48.5 Å². The van der Waals surface area contributed by atoms with Gasteiger partial charge in [0.15, 0.2) is 0 Å². The van der Waals surface area contributed by atoms with E-state index < -0.39 is 0 Å². The average molecular weight is 398 g/mol. The van der Waals surface area contributed by atoms with Gasteiger partial charge in [0.2, 0.25) is 5.91 Å². The molecule has 0 spiro atoms. The van der Waals surface area contributed by atoms with Gasteiger partial charge in [0.1, 0.15) is 0 Å². The molecule has 0 aromatic heterocycles. The molecule has 1 aliphatic rings. The topological polar surface area (TPSA) is 67.6 Å². The van der Waals surface area contributed by atoms with E-state index in [0.717, 1.165) is 49.7 Å². The van der Waals surface area contributed by atoms with Gasteiger partial charge in [0.25, 0.3) is 0 Å². The van der Waals surface area contributed by atoms with Crippen molar-refractivity contribution < 1.29 is 9.53 Å². The molecule has 0 bridgehead atoms. The SMILES string of the molecule is Cl.Cl.Nc1ccc(CC(=O)Nc2ccccc2CN2CCOCC2)cc1. The summed E-state index contributed by atoms with van der Waals surface area (Å²) in [6.45, 7) is 4.21. The van der Waals surface area contributed by atoms with E-state index in [2.05, 4.69) is 16.3 Å². The number of halogens is 2. The highest BCUT2D eigenvalue weighted by Crippen LogP contribution is 2.18. The van der Waals surface area contributed by atoms with Crippen molar-refractivity contribution in [1.82, 2.24) is 4.90 Å². The van der Waals surface area contributed by atoms with Gasteiger partial charge in [0, 0.05) is 31.0 Å². The molecule has 26 heavy (non-hydrogen) atoms. The molecule has 3 N–H and O–H groups in total. The molecule has 1 saturated heterocycles. The van der Waals surface area contributed by atoms with Gasteiger partial charge in [-0.2, -0.15) is 0 Å². The van der Waals surface area contributed by atoms with E-state index in [-0.39, 0.29) is 30.7 Å². The minimum absolute atomic E-state index is 0. The highest BCUT2D eigenvalue weighted by molar-refractivity contribution is 5.93. The molecular formula is C19H25Cl2N3O2. The fraction of sp³-hybridized carbons (Fsp3) is 0.316. The first-order valence-corrected chi connectivity index (χ1v) is 8.23. The Hall–Kier alpha value is -1.79. The Morgan fingerprint density at radius 1 is 1.04 bits per heavy atom. The Balaban J connectivity index is 0.00000169. The second-order valence-corrected chi connectivity index (χ2v) is 6.01. The van der Waals surface area contributed by atoms with Crippen molar-refractivity contribution in [2.45, 2.75) is 13.0 Å². The van der Waals surface area contributed by atoms with Crippen LogP contribution in [0.1, 0.15) is 11.1 Å². The normalized spacial score (nSPS) is 14.0. The summed E-state index contributed by atoms with van der Waals surface area (Å²) in [5, 5.41) is 3.04. The maximum absolute atomic E-state index is 12.3. The van der Waals surface area contributed by atoms with E-state index in [4.69, 9.17) is 10.5 Å². The molecule has 0 saturated carbocycles. The van der Waals surface area contributed by atoms with Crippen LogP contribution >= 0.6 is 24.8 Å². The highest BCUT2D eigenvalue weighted by atomic mass is 35.5. The van der Waals surface area contributed by atoms with Crippen molar-refractivity contribution >= 4 is 42.1 Å². The van der Waals surface area contributed by atoms with Crippen molar-refractivity contribution in [1.29, 1.82) is 0 Å². The van der Waals surface area contributed by atoms with Crippen LogP contribution in [0.5, 0.6) is 0 Å². The molecule has 0 radical (unpaired) electrons. The lowest BCUT2D eigenvalue weighted by atomic mass is 10.1. The van der Waals surface area contributed by atoms with Crippen LogP contribution in [-0.4, -0.2) is 37.1 Å².